The first kappa shape index (κ1) is 29.6. The van der Waals surface area contributed by atoms with Crippen LogP contribution in [0.1, 0.15) is 67.0 Å². The summed E-state index contributed by atoms with van der Waals surface area (Å²) in [4.78, 5) is 17.9. The third kappa shape index (κ3) is 7.90. The second-order valence-corrected chi connectivity index (χ2v) is 12.1. The number of aromatic amines is 1. The van der Waals surface area contributed by atoms with Crippen molar-refractivity contribution < 1.29 is 14.6 Å². The van der Waals surface area contributed by atoms with E-state index in [2.05, 4.69) is 90.9 Å². The van der Waals surface area contributed by atoms with Crippen molar-refractivity contribution in [1.82, 2.24) is 9.88 Å². The number of aliphatic carboxylic acids is 1. The van der Waals surface area contributed by atoms with E-state index in [1.165, 1.54) is 31.2 Å². The quantitative estimate of drug-likeness (QED) is 0.130. The van der Waals surface area contributed by atoms with Gasteiger partial charge in [-0.3, -0.25) is 9.69 Å². The average Bonchev–Trinajstić information content (AvgIpc) is 3.66. The van der Waals surface area contributed by atoms with E-state index in [0.29, 0.717) is 25.6 Å². The molecule has 0 fully saturated rings. The Bertz CT molecular complexity index is 1560. The number of benzene rings is 3. The summed E-state index contributed by atoms with van der Waals surface area (Å²) in [6.07, 6.45) is 6.81. The Hall–Kier alpha value is -3.87. The van der Waals surface area contributed by atoms with Crippen LogP contribution in [-0.4, -0.2) is 27.5 Å². The molecule has 0 atom stereocenters. The SMILES string of the molecule is CCCC(CCC)c1ccc(OCc2ccc(-c3csc(CN(CC(=O)O)Cc4ccc5[nH]ccc5c4)c3)cc2)cc1. The van der Waals surface area contributed by atoms with Crippen molar-refractivity contribution in [3.8, 4) is 16.9 Å². The molecule has 42 heavy (non-hydrogen) atoms. The number of hydrogen-bond donors (Lipinski definition) is 2. The number of nitrogens with zero attached hydrogens (tertiary/aromatic N) is 1. The van der Waals surface area contributed by atoms with Crippen LogP contribution in [-0.2, 0) is 24.5 Å². The minimum absolute atomic E-state index is 0.00606. The highest BCUT2D eigenvalue weighted by molar-refractivity contribution is 7.10. The Morgan fingerprint density at radius 2 is 1.62 bits per heavy atom. The molecule has 2 aromatic heterocycles. The fourth-order valence-corrected chi connectivity index (χ4v) is 6.56. The van der Waals surface area contributed by atoms with E-state index < -0.39 is 5.97 Å². The number of carbonyl (C=O) groups is 1. The number of ether oxygens (including phenoxy) is 1. The number of rotatable bonds is 15. The monoisotopic (exact) mass is 580 g/mol. The predicted molar refractivity (Wildman–Crippen MR) is 173 cm³/mol. The molecule has 0 bridgehead atoms. The largest absolute Gasteiger partial charge is 0.489 e. The van der Waals surface area contributed by atoms with Gasteiger partial charge in [0.15, 0.2) is 0 Å². The Morgan fingerprint density at radius 3 is 2.33 bits per heavy atom. The van der Waals surface area contributed by atoms with Crippen molar-refractivity contribution in [2.75, 3.05) is 6.54 Å². The molecule has 2 N–H and O–H groups in total. The van der Waals surface area contributed by atoms with Crippen LogP contribution in [0.2, 0.25) is 0 Å². The molecular formula is C36H40N2O3S. The molecule has 2 heterocycles. The molecule has 0 saturated carbocycles. The van der Waals surface area contributed by atoms with E-state index in [1.807, 2.05) is 23.2 Å². The number of carboxylic acids is 1. The fourth-order valence-electron chi connectivity index (χ4n) is 5.62. The average molecular weight is 581 g/mol. The first-order valence-corrected chi connectivity index (χ1v) is 15.8. The van der Waals surface area contributed by atoms with Crippen LogP contribution in [0.25, 0.3) is 22.0 Å². The molecular weight excluding hydrogens is 540 g/mol. The van der Waals surface area contributed by atoms with E-state index >= 15 is 0 Å². The summed E-state index contributed by atoms with van der Waals surface area (Å²) in [6, 6.07) is 27.6. The smallest absolute Gasteiger partial charge is 0.317 e. The zero-order valence-electron chi connectivity index (χ0n) is 24.5. The fraction of sp³-hybridized carbons (Fsp3) is 0.306. The van der Waals surface area contributed by atoms with Crippen molar-refractivity contribution in [3.05, 3.63) is 112 Å². The van der Waals surface area contributed by atoms with Gasteiger partial charge in [-0.15, -0.1) is 11.3 Å². The lowest BCUT2D eigenvalue weighted by Crippen LogP contribution is -2.28. The molecule has 0 spiro atoms. The number of aromatic nitrogens is 1. The van der Waals surface area contributed by atoms with Gasteiger partial charge in [0.25, 0.3) is 0 Å². The summed E-state index contributed by atoms with van der Waals surface area (Å²) < 4.78 is 6.09. The van der Waals surface area contributed by atoms with Gasteiger partial charge in [-0.2, -0.15) is 0 Å². The molecule has 5 nitrogen and oxygen atoms in total. The van der Waals surface area contributed by atoms with E-state index in [4.69, 9.17) is 4.74 Å². The van der Waals surface area contributed by atoms with Crippen molar-refractivity contribution in [3.63, 3.8) is 0 Å². The summed E-state index contributed by atoms with van der Waals surface area (Å²) in [5.41, 5.74) is 7.02. The molecule has 218 valence electrons. The van der Waals surface area contributed by atoms with E-state index in [1.54, 1.807) is 11.3 Å². The Morgan fingerprint density at radius 1 is 0.881 bits per heavy atom. The van der Waals surface area contributed by atoms with Gasteiger partial charge in [-0.05, 0) is 93.7 Å². The highest BCUT2D eigenvalue weighted by Crippen LogP contribution is 2.29. The van der Waals surface area contributed by atoms with Crippen LogP contribution in [0.3, 0.4) is 0 Å². The molecule has 0 aliphatic rings. The topological polar surface area (TPSA) is 65.6 Å². The molecule has 6 heteroatoms. The summed E-state index contributed by atoms with van der Waals surface area (Å²) in [6.45, 7) is 6.20. The molecule has 0 radical (unpaired) electrons. The number of thiophene rings is 1. The first-order valence-electron chi connectivity index (χ1n) is 14.9. The Labute approximate surface area is 252 Å². The van der Waals surface area contributed by atoms with Gasteiger partial charge in [0.05, 0.1) is 6.54 Å². The highest BCUT2D eigenvalue weighted by Gasteiger charge is 2.14. The summed E-state index contributed by atoms with van der Waals surface area (Å²) in [5.74, 6) is 0.718. The standard InChI is InChI=1S/C36H40N2O3S/c1-3-5-28(6-4-2)29-12-14-33(15-13-29)41-24-26-7-10-30(11-8-26)32-20-34(42-25-32)22-38(23-36(39)40)21-27-9-16-35-31(19-27)17-18-37-35/h7-20,25,28,37H,3-6,21-24H2,1-2H3,(H,39,40). The van der Waals surface area contributed by atoms with Crippen LogP contribution in [0.15, 0.2) is 90.4 Å². The summed E-state index contributed by atoms with van der Waals surface area (Å²) in [5, 5.41) is 12.8. The number of fused-ring (bicyclic) bond motifs is 1. The van der Waals surface area contributed by atoms with Crippen LogP contribution < -0.4 is 4.74 Å². The van der Waals surface area contributed by atoms with E-state index in [9.17, 15) is 9.90 Å². The highest BCUT2D eigenvalue weighted by atomic mass is 32.1. The molecule has 0 unspecified atom stereocenters. The van der Waals surface area contributed by atoms with Crippen molar-refractivity contribution in [2.24, 2.45) is 0 Å². The number of nitrogens with one attached hydrogen (secondary N) is 1. The van der Waals surface area contributed by atoms with Gasteiger partial charge in [0.1, 0.15) is 12.4 Å². The van der Waals surface area contributed by atoms with Crippen LogP contribution in [0, 0.1) is 0 Å². The Balaban J connectivity index is 1.17. The summed E-state index contributed by atoms with van der Waals surface area (Å²) in [7, 11) is 0. The molecule has 0 aliphatic heterocycles. The Kier molecular flexibility index (Phi) is 10.1. The van der Waals surface area contributed by atoms with Crippen LogP contribution in [0.5, 0.6) is 5.75 Å². The number of carboxylic acid groups (broad SMARTS) is 1. The molecule has 3 aromatic carbocycles. The van der Waals surface area contributed by atoms with Crippen molar-refractivity contribution in [1.29, 1.82) is 0 Å². The second-order valence-electron chi connectivity index (χ2n) is 11.1. The van der Waals surface area contributed by atoms with E-state index in [0.717, 1.165) is 43.8 Å². The lowest BCUT2D eigenvalue weighted by atomic mass is 9.90. The molecule has 0 aliphatic carbocycles. The third-order valence-electron chi connectivity index (χ3n) is 7.73. The predicted octanol–water partition coefficient (Wildman–Crippen LogP) is 9.25. The van der Waals surface area contributed by atoms with Crippen LogP contribution >= 0.6 is 11.3 Å². The molecule has 0 amide bonds. The van der Waals surface area contributed by atoms with Gasteiger partial charge >= 0.3 is 5.97 Å². The summed E-state index contributed by atoms with van der Waals surface area (Å²) >= 11 is 1.67. The third-order valence-corrected chi connectivity index (χ3v) is 8.66. The maximum absolute atomic E-state index is 11.6. The zero-order valence-corrected chi connectivity index (χ0v) is 25.3. The second kappa shape index (κ2) is 14.3. The van der Waals surface area contributed by atoms with Crippen molar-refractivity contribution in [2.45, 2.75) is 65.1 Å². The van der Waals surface area contributed by atoms with Crippen LogP contribution in [0.4, 0.5) is 0 Å². The maximum atomic E-state index is 11.6. The lowest BCUT2D eigenvalue weighted by molar-refractivity contribution is -0.138. The lowest BCUT2D eigenvalue weighted by Gasteiger charge is -2.19. The minimum Gasteiger partial charge on any atom is -0.489 e. The van der Waals surface area contributed by atoms with Gasteiger partial charge in [-0.1, -0.05) is 69.2 Å². The molecule has 5 rings (SSSR count). The molecule has 0 saturated heterocycles. The zero-order chi connectivity index (χ0) is 29.3. The van der Waals surface area contributed by atoms with Gasteiger partial charge < -0.3 is 14.8 Å². The molecule has 5 aromatic rings. The normalized spacial score (nSPS) is 11.5. The maximum Gasteiger partial charge on any atom is 0.317 e. The van der Waals surface area contributed by atoms with Gasteiger partial charge in [-0.25, -0.2) is 0 Å². The van der Waals surface area contributed by atoms with Gasteiger partial charge in [0, 0.05) is 29.7 Å². The first-order chi connectivity index (χ1) is 20.5. The van der Waals surface area contributed by atoms with Crippen molar-refractivity contribution >= 4 is 28.2 Å². The number of H-pyrrole nitrogens is 1. The van der Waals surface area contributed by atoms with E-state index in [-0.39, 0.29) is 6.54 Å². The van der Waals surface area contributed by atoms with Gasteiger partial charge in [0.2, 0.25) is 0 Å². The number of hydrogen-bond acceptors (Lipinski definition) is 4. The minimum atomic E-state index is -0.819.